The van der Waals surface area contributed by atoms with Gasteiger partial charge in [-0.2, -0.15) is 0 Å². The fraction of sp³-hybridized carbons (Fsp3) is 0.591. The number of hydrogen-bond acceptors (Lipinski definition) is 3. The lowest BCUT2D eigenvalue weighted by atomic mass is 9.81. The average Bonchev–Trinajstić information content (AvgIpc) is 2.94. The van der Waals surface area contributed by atoms with Gasteiger partial charge >= 0.3 is 6.09 Å². The number of carbonyl (C=O) groups excluding carboxylic acids is 1. The predicted octanol–water partition coefficient (Wildman–Crippen LogP) is 5.14. The molecule has 1 fully saturated rings. The number of aromatic nitrogens is 1. The van der Waals surface area contributed by atoms with E-state index in [-0.39, 0.29) is 6.09 Å². The van der Waals surface area contributed by atoms with Crippen LogP contribution in [0.4, 0.5) is 4.79 Å². The number of rotatable bonds is 1. The standard InChI is InChI=1S/C22H30N2O2/c1-5-15-9-8-13-23-14-12-17-16-10-6-7-11-18(16)24(20(17)19(15)23)21(25)26-22(2,3)4/h6-7,10-11,15,19H,5,8-9,12-14H2,1-4H3/t15-,19+/m0/s1. The Balaban J connectivity index is 1.92. The zero-order valence-electron chi connectivity index (χ0n) is 16.4. The molecule has 0 spiro atoms. The van der Waals surface area contributed by atoms with Crippen molar-refractivity contribution in [3.63, 3.8) is 0 Å². The average molecular weight is 354 g/mol. The molecule has 1 aromatic heterocycles. The zero-order chi connectivity index (χ0) is 18.5. The number of benzene rings is 1. The van der Waals surface area contributed by atoms with Crippen LogP contribution < -0.4 is 0 Å². The minimum Gasteiger partial charge on any atom is -0.443 e. The summed E-state index contributed by atoms with van der Waals surface area (Å²) in [5.41, 5.74) is 3.04. The van der Waals surface area contributed by atoms with Crippen molar-refractivity contribution < 1.29 is 9.53 Å². The second kappa shape index (κ2) is 6.41. The summed E-state index contributed by atoms with van der Waals surface area (Å²) in [4.78, 5) is 15.8. The van der Waals surface area contributed by atoms with Gasteiger partial charge in [0.05, 0.1) is 17.3 Å². The number of piperidine rings is 1. The van der Waals surface area contributed by atoms with E-state index in [0.29, 0.717) is 12.0 Å². The Kier molecular flexibility index (Phi) is 4.34. The summed E-state index contributed by atoms with van der Waals surface area (Å²) in [6.07, 6.45) is 4.43. The number of fused-ring (bicyclic) bond motifs is 5. The first kappa shape index (κ1) is 17.6. The molecule has 26 heavy (non-hydrogen) atoms. The minimum absolute atomic E-state index is 0.239. The van der Waals surface area contributed by atoms with Crippen molar-refractivity contribution >= 4 is 17.0 Å². The van der Waals surface area contributed by atoms with E-state index in [0.717, 1.165) is 31.4 Å². The molecule has 0 saturated carbocycles. The van der Waals surface area contributed by atoms with Crippen molar-refractivity contribution in [1.82, 2.24) is 9.47 Å². The summed E-state index contributed by atoms with van der Waals surface area (Å²) in [5.74, 6) is 0.605. The van der Waals surface area contributed by atoms with Crippen molar-refractivity contribution in [1.29, 1.82) is 0 Å². The molecule has 0 N–H and O–H groups in total. The molecule has 0 unspecified atom stereocenters. The van der Waals surface area contributed by atoms with Gasteiger partial charge in [-0.25, -0.2) is 9.36 Å². The molecule has 4 nitrogen and oxygen atoms in total. The Labute approximate surface area is 156 Å². The molecule has 2 aromatic rings. The number of ether oxygens (including phenoxy) is 1. The number of hydrogen-bond donors (Lipinski definition) is 0. The first-order chi connectivity index (χ1) is 12.4. The topological polar surface area (TPSA) is 34.5 Å². The molecule has 2 aliphatic heterocycles. The van der Waals surface area contributed by atoms with Crippen LogP contribution in [0.15, 0.2) is 24.3 Å². The molecule has 1 aromatic carbocycles. The van der Waals surface area contributed by atoms with Crippen LogP contribution in [0, 0.1) is 5.92 Å². The molecule has 1 saturated heterocycles. The van der Waals surface area contributed by atoms with Crippen LogP contribution >= 0.6 is 0 Å². The lowest BCUT2D eigenvalue weighted by molar-refractivity contribution is 0.0475. The molecule has 2 atom stereocenters. The Hall–Kier alpha value is -1.81. The monoisotopic (exact) mass is 354 g/mol. The quantitative estimate of drug-likeness (QED) is 0.711. The van der Waals surface area contributed by atoms with Crippen molar-refractivity contribution in [2.45, 2.75) is 65.0 Å². The molecular weight excluding hydrogens is 324 g/mol. The van der Waals surface area contributed by atoms with Crippen LogP contribution in [0.5, 0.6) is 0 Å². The Bertz CT molecular complexity index is 831. The van der Waals surface area contributed by atoms with Crippen molar-refractivity contribution in [3.8, 4) is 0 Å². The highest BCUT2D eigenvalue weighted by molar-refractivity contribution is 5.94. The van der Waals surface area contributed by atoms with E-state index in [1.807, 2.05) is 31.4 Å². The minimum atomic E-state index is -0.500. The van der Waals surface area contributed by atoms with Gasteiger partial charge in [-0.15, -0.1) is 0 Å². The van der Waals surface area contributed by atoms with E-state index in [1.165, 1.54) is 29.5 Å². The molecule has 4 rings (SSSR count). The molecule has 0 amide bonds. The maximum atomic E-state index is 13.2. The first-order valence-electron chi connectivity index (χ1n) is 10.0. The van der Waals surface area contributed by atoms with Gasteiger partial charge in [0.2, 0.25) is 0 Å². The van der Waals surface area contributed by atoms with Gasteiger partial charge in [-0.05, 0) is 64.1 Å². The molecule has 2 aliphatic rings. The SMILES string of the molecule is CC[C@H]1CCCN2CCc3c(n(C(=O)OC(C)(C)C)c4ccccc34)[C@@H]12. The van der Waals surface area contributed by atoms with E-state index in [9.17, 15) is 4.79 Å². The van der Waals surface area contributed by atoms with Crippen LogP contribution in [-0.4, -0.2) is 34.3 Å². The van der Waals surface area contributed by atoms with Crippen LogP contribution in [0.3, 0.4) is 0 Å². The number of para-hydroxylation sites is 1. The number of nitrogens with zero attached hydrogens (tertiary/aromatic N) is 2. The van der Waals surface area contributed by atoms with Gasteiger partial charge in [0.25, 0.3) is 0 Å². The van der Waals surface area contributed by atoms with Crippen LogP contribution in [0.1, 0.15) is 64.3 Å². The number of carbonyl (C=O) groups is 1. The third-order valence-electron chi connectivity index (χ3n) is 5.91. The summed E-state index contributed by atoms with van der Waals surface area (Å²) in [5, 5.41) is 1.22. The summed E-state index contributed by atoms with van der Waals surface area (Å²) in [7, 11) is 0. The van der Waals surface area contributed by atoms with Gasteiger partial charge in [-0.3, -0.25) is 4.90 Å². The van der Waals surface area contributed by atoms with E-state index < -0.39 is 5.60 Å². The van der Waals surface area contributed by atoms with Crippen LogP contribution in [0.25, 0.3) is 10.9 Å². The smallest absolute Gasteiger partial charge is 0.419 e. The summed E-state index contributed by atoms with van der Waals surface area (Å²) in [6, 6.07) is 8.65. The predicted molar refractivity (Wildman–Crippen MR) is 105 cm³/mol. The highest BCUT2D eigenvalue weighted by atomic mass is 16.6. The van der Waals surface area contributed by atoms with E-state index in [1.54, 1.807) is 0 Å². The Morgan fingerprint density at radius 3 is 2.73 bits per heavy atom. The molecule has 0 radical (unpaired) electrons. The zero-order valence-corrected chi connectivity index (χ0v) is 16.4. The van der Waals surface area contributed by atoms with Crippen molar-refractivity contribution in [2.75, 3.05) is 13.1 Å². The lowest BCUT2D eigenvalue weighted by Gasteiger charge is -2.44. The fourth-order valence-corrected chi connectivity index (χ4v) is 4.89. The van der Waals surface area contributed by atoms with E-state index in [4.69, 9.17) is 4.74 Å². The maximum absolute atomic E-state index is 13.2. The fourth-order valence-electron chi connectivity index (χ4n) is 4.89. The summed E-state index contributed by atoms with van der Waals surface area (Å²) >= 11 is 0. The Morgan fingerprint density at radius 1 is 1.23 bits per heavy atom. The lowest BCUT2D eigenvalue weighted by Crippen LogP contribution is -2.44. The van der Waals surface area contributed by atoms with Gasteiger partial charge < -0.3 is 4.74 Å². The molecule has 4 heteroatoms. The van der Waals surface area contributed by atoms with E-state index in [2.05, 4.69) is 30.0 Å². The van der Waals surface area contributed by atoms with Crippen LogP contribution in [-0.2, 0) is 11.2 Å². The van der Waals surface area contributed by atoms with Crippen molar-refractivity contribution in [3.05, 3.63) is 35.5 Å². The maximum Gasteiger partial charge on any atom is 0.419 e. The summed E-state index contributed by atoms with van der Waals surface area (Å²) in [6.45, 7) is 10.3. The first-order valence-corrected chi connectivity index (χ1v) is 10.0. The van der Waals surface area contributed by atoms with Gasteiger partial charge in [0, 0.05) is 11.9 Å². The molecule has 0 aliphatic carbocycles. The van der Waals surface area contributed by atoms with Gasteiger partial charge in [0.15, 0.2) is 0 Å². The molecule has 0 bridgehead atoms. The third-order valence-corrected chi connectivity index (χ3v) is 5.91. The molecule has 140 valence electrons. The summed E-state index contributed by atoms with van der Waals surface area (Å²) < 4.78 is 7.70. The van der Waals surface area contributed by atoms with Gasteiger partial charge in [0.1, 0.15) is 5.60 Å². The highest BCUT2D eigenvalue weighted by Crippen LogP contribution is 2.45. The third kappa shape index (κ3) is 2.84. The normalized spacial score (nSPS) is 23.5. The largest absolute Gasteiger partial charge is 0.443 e. The molecular formula is C22H30N2O2. The van der Waals surface area contributed by atoms with Gasteiger partial charge in [-0.1, -0.05) is 31.5 Å². The molecule has 3 heterocycles. The van der Waals surface area contributed by atoms with E-state index >= 15 is 0 Å². The van der Waals surface area contributed by atoms with Crippen LogP contribution in [0.2, 0.25) is 0 Å². The highest BCUT2D eigenvalue weighted by Gasteiger charge is 2.40. The second-order valence-electron chi connectivity index (χ2n) is 8.74. The Morgan fingerprint density at radius 2 is 2.00 bits per heavy atom. The second-order valence-corrected chi connectivity index (χ2v) is 8.74. The van der Waals surface area contributed by atoms with Crippen molar-refractivity contribution in [2.24, 2.45) is 5.92 Å².